The molecule has 0 aliphatic rings. The van der Waals surface area contributed by atoms with Crippen molar-refractivity contribution in [2.75, 3.05) is 0 Å². The Kier molecular flexibility index (Phi) is 6.04. The van der Waals surface area contributed by atoms with Crippen LogP contribution in [0.4, 0.5) is 0 Å². The van der Waals surface area contributed by atoms with Gasteiger partial charge < -0.3 is 9.47 Å². The lowest BCUT2D eigenvalue weighted by molar-refractivity contribution is -0.141. The number of hydrogen-bond acceptors (Lipinski definition) is 3. The van der Waals surface area contributed by atoms with Gasteiger partial charge in [0.1, 0.15) is 6.10 Å². The van der Waals surface area contributed by atoms with Crippen LogP contribution in [0.1, 0.15) is 18.9 Å². The van der Waals surface area contributed by atoms with Crippen LogP contribution in [0.3, 0.4) is 0 Å². The Morgan fingerprint density at radius 1 is 1.35 bits per heavy atom. The minimum Gasteiger partial charge on any atom is -0.462 e. The predicted molar refractivity (Wildman–Crippen MR) is 66.4 cm³/mol. The van der Waals surface area contributed by atoms with E-state index in [1.165, 1.54) is 0 Å². The molecule has 0 saturated heterocycles. The predicted octanol–water partition coefficient (Wildman–Crippen LogP) is 2.71. The fourth-order valence-corrected chi connectivity index (χ4v) is 1.51. The zero-order valence-electron chi connectivity index (χ0n) is 10.0. The highest BCUT2D eigenvalue weighted by Crippen LogP contribution is 2.11. The fourth-order valence-electron chi connectivity index (χ4n) is 1.51. The standard InChI is InChI=1S/C14H18O3/c1-3-7-14(12(2)17-11-15)16-10-13-8-5-4-6-9-13/h3-6,8-9,11-12,14H,1,7,10H2,2H3/t12-,14+/m0/s1. The van der Waals surface area contributed by atoms with Crippen molar-refractivity contribution >= 4 is 6.47 Å². The SMILES string of the molecule is C=CC[C@@H](OCc1ccccc1)[C@H](C)OC=O. The average molecular weight is 234 g/mol. The van der Waals surface area contributed by atoms with Crippen molar-refractivity contribution in [3.8, 4) is 0 Å². The lowest BCUT2D eigenvalue weighted by Gasteiger charge is -2.21. The first-order valence-corrected chi connectivity index (χ1v) is 5.63. The van der Waals surface area contributed by atoms with Gasteiger partial charge in [0.2, 0.25) is 0 Å². The maximum absolute atomic E-state index is 10.3. The minimum absolute atomic E-state index is 0.155. The molecule has 0 N–H and O–H groups in total. The molecular formula is C14H18O3. The van der Waals surface area contributed by atoms with E-state index in [1.807, 2.05) is 37.3 Å². The van der Waals surface area contributed by atoms with Gasteiger partial charge in [-0.15, -0.1) is 6.58 Å². The number of rotatable bonds is 8. The molecule has 0 unspecified atom stereocenters. The molecule has 1 rings (SSSR count). The van der Waals surface area contributed by atoms with E-state index in [1.54, 1.807) is 6.08 Å². The Labute approximate surface area is 102 Å². The summed E-state index contributed by atoms with van der Waals surface area (Å²) in [4.78, 5) is 10.3. The first-order chi connectivity index (χ1) is 8.27. The lowest BCUT2D eigenvalue weighted by atomic mass is 10.1. The van der Waals surface area contributed by atoms with Crippen LogP contribution in [-0.2, 0) is 20.9 Å². The molecule has 1 aromatic rings. The summed E-state index contributed by atoms with van der Waals surface area (Å²) in [6.45, 7) is 6.44. The molecule has 92 valence electrons. The molecule has 17 heavy (non-hydrogen) atoms. The zero-order chi connectivity index (χ0) is 12.5. The highest BCUT2D eigenvalue weighted by molar-refractivity contribution is 5.37. The van der Waals surface area contributed by atoms with Gasteiger partial charge in [-0.3, -0.25) is 4.79 Å². The molecule has 0 radical (unpaired) electrons. The van der Waals surface area contributed by atoms with E-state index in [0.717, 1.165) is 5.56 Å². The Hall–Kier alpha value is -1.61. The van der Waals surface area contributed by atoms with Gasteiger partial charge in [-0.1, -0.05) is 36.4 Å². The first kappa shape index (κ1) is 13.5. The Bertz CT molecular complexity index is 335. The van der Waals surface area contributed by atoms with Crippen LogP contribution in [0.2, 0.25) is 0 Å². The van der Waals surface area contributed by atoms with Crippen LogP contribution in [0, 0.1) is 0 Å². The second-order valence-corrected chi connectivity index (χ2v) is 3.80. The van der Waals surface area contributed by atoms with Crippen molar-refractivity contribution in [2.24, 2.45) is 0 Å². The van der Waals surface area contributed by atoms with E-state index in [2.05, 4.69) is 6.58 Å². The molecule has 1 aromatic carbocycles. The van der Waals surface area contributed by atoms with Gasteiger partial charge in [-0.2, -0.15) is 0 Å². The number of hydrogen-bond donors (Lipinski definition) is 0. The van der Waals surface area contributed by atoms with E-state index >= 15 is 0 Å². The van der Waals surface area contributed by atoms with Gasteiger partial charge in [0.25, 0.3) is 6.47 Å². The van der Waals surface area contributed by atoms with Crippen molar-refractivity contribution in [1.29, 1.82) is 0 Å². The van der Waals surface area contributed by atoms with Crippen LogP contribution < -0.4 is 0 Å². The number of carbonyl (C=O) groups excluding carboxylic acids is 1. The zero-order valence-corrected chi connectivity index (χ0v) is 10.0. The lowest BCUT2D eigenvalue weighted by Crippen LogP contribution is -2.28. The van der Waals surface area contributed by atoms with Gasteiger partial charge in [0.05, 0.1) is 12.7 Å². The Balaban J connectivity index is 2.49. The van der Waals surface area contributed by atoms with Crippen molar-refractivity contribution in [1.82, 2.24) is 0 Å². The molecule has 3 heteroatoms. The molecule has 3 nitrogen and oxygen atoms in total. The van der Waals surface area contributed by atoms with Gasteiger partial charge in [0, 0.05) is 0 Å². The third kappa shape index (κ3) is 4.83. The van der Waals surface area contributed by atoms with E-state index in [0.29, 0.717) is 19.5 Å². The summed E-state index contributed by atoms with van der Waals surface area (Å²) in [5, 5.41) is 0. The van der Waals surface area contributed by atoms with Crippen LogP contribution in [0.5, 0.6) is 0 Å². The molecule has 0 bridgehead atoms. The molecule has 0 aliphatic carbocycles. The van der Waals surface area contributed by atoms with Gasteiger partial charge >= 0.3 is 0 Å². The number of ether oxygens (including phenoxy) is 2. The molecule has 0 saturated carbocycles. The summed E-state index contributed by atoms with van der Waals surface area (Å²) < 4.78 is 10.6. The second kappa shape index (κ2) is 7.63. The second-order valence-electron chi connectivity index (χ2n) is 3.80. The summed E-state index contributed by atoms with van der Waals surface area (Å²) in [5.41, 5.74) is 1.10. The summed E-state index contributed by atoms with van der Waals surface area (Å²) in [5.74, 6) is 0. The summed E-state index contributed by atoms with van der Waals surface area (Å²) in [6.07, 6.45) is 1.99. The van der Waals surface area contributed by atoms with Crippen molar-refractivity contribution in [3.05, 3.63) is 48.6 Å². The molecule has 0 aliphatic heterocycles. The van der Waals surface area contributed by atoms with E-state index < -0.39 is 0 Å². The van der Waals surface area contributed by atoms with E-state index in [9.17, 15) is 4.79 Å². The van der Waals surface area contributed by atoms with Crippen molar-refractivity contribution in [2.45, 2.75) is 32.2 Å². The Morgan fingerprint density at radius 3 is 2.65 bits per heavy atom. The topological polar surface area (TPSA) is 35.5 Å². The quantitative estimate of drug-likeness (QED) is 0.512. The van der Waals surface area contributed by atoms with Gasteiger partial charge in [-0.25, -0.2) is 0 Å². The first-order valence-electron chi connectivity index (χ1n) is 5.63. The highest BCUT2D eigenvalue weighted by atomic mass is 16.6. The molecule has 0 amide bonds. The average Bonchev–Trinajstić information content (AvgIpc) is 2.36. The summed E-state index contributed by atoms with van der Waals surface area (Å²) in [7, 11) is 0. The van der Waals surface area contributed by atoms with E-state index in [-0.39, 0.29) is 12.2 Å². The van der Waals surface area contributed by atoms with Crippen LogP contribution in [0.15, 0.2) is 43.0 Å². The van der Waals surface area contributed by atoms with E-state index in [4.69, 9.17) is 9.47 Å². The molecule has 0 fully saturated rings. The maximum atomic E-state index is 10.3. The van der Waals surface area contributed by atoms with Gasteiger partial charge in [-0.05, 0) is 18.9 Å². The van der Waals surface area contributed by atoms with Crippen LogP contribution in [-0.4, -0.2) is 18.7 Å². The monoisotopic (exact) mass is 234 g/mol. The third-order valence-electron chi connectivity index (χ3n) is 2.50. The minimum atomic E-state index is -0.269. The maximum Gasteiger partial charge on any atom is 0.293 e. The smallest absolute Gasteiger partial charge is 0.293 e. The molecule has 0 aromatic heterocycles. The van der Waals surface area contributed by atoms with Crippen molar-refractivity contribution < 1.29 is 14.3 Å². The van der Waals surface area contributed by atoms with Gasteiger partial charge in [0.15, 0.2) is 0 Å². The third-order valence-corrected chi connectivity index (χ3v) is 2.50. The Morgan fingerprint density at radius 2 is 2.06 bits per heavy atom. The largest absolute Gasteiger partial charge is 0.462 e. The molecule has 0 heterocycles. The normalized spacial score (nSPS) is 13.7. The molecule has 0 spiro atoms. The van der Waals surface area contributed by atoms with Crippen LogP contribution >= 0.6 is 0 Å². The number of benzene rings is 1. The highest BCUT2D eigenvalue weighted by Gasteiger charge is 2.17. The summed E-state index contributed by atoms with van der Waals surface area (Å²) >= 11 is 0. The van der Waals surface area contributed by atoms with Crippen molar-refractivity contribution in [3.63, 3.8) is 0 Å². The van der Waals surface area contributed by atoms with Crippen LogP contribution in [0.25, 0.3) is 0 Å². The summed E-state index contributed by atoms with van der Waals surface area (Å²) in [6, 6.07) is 9.88. The molecular weight excluding hydrogens is 216 g/mol. The molecule has 2 atom stereocenters. The number of carbonyl (C=O) groups is 1. The fraction of sp³-hybridized carbons (Fsp3) is 0.357.